The van der Waals surface area contributed by atoms with Crippen molar-refractivity contribution < 1.29 is 0 Å². The molecule has 0 spiro atoms. The van der Waals surface area contributed by atoms with Crippen LogP contribution in [0.25, 0.3) is 0 Å². The Bertz CT molecular complexity index is 137. The minimum Gasteiger partial charge on any atom is -0.402 e. The Labute approximate surface area is 49.6 Å². The smallest absolute Gasteiger partial charge is 0.00745 e. The van der Waals surface area contributed by atoms with Crippen LogP contribution in [0.2, 0.25) is 0 Å². The predicted molar refractivity (Wildman–Crippen MR) is 33.1 cm³/mol. The van der Waals surface area contributed by atoms with Crippen LogP contribution in [0.5, 0.6) is 0 Å². The summed E-state index contributed by atoms with van der Waals surface area (Å²) >= 11 is 0. The first kappa shape index (κ1) is 4.42. The van der Waals surface area contributed by atoms with E-state index in [1.807, 2.05) is 0 Å². The zero-order valence-corrected chi connectivity index (χ0v) is 4.93. The molecular weight excluding hydrogens is 98.1 g/mol. The van der Waals surface area contributed by atoms with E-state index < -0.39 is 0 Å². The molecule has 0 aliphatic heterocycles. The van der Waals surface area contributed by atoms with Crippen LogP contribution in [0.1, 0.15) is 19.3 Å². The van der Waals surface area contributed by atoms with Crippen molar-refractivity contribution in [1.82, 2.24) is 0 Å². The molecule has 2 N–H and O–H groups in total. The van der Waals surface area contributed by atoms with Crippen molar-refractivity contribution in [3.8, 4) is 0 Å². The van der Waals surface area contributed by atoms with Crippen molar-refractivity contribution in [2.45, 2.75) is 19.3 Å². The van der Waals surface area contributed by atoms with Crippen LogP contribution < -0.4 is 5.73 Å². The standard InChI is InChI=1S/C7H11N/c8-7-4-5-1-2-6(7)3-5/h4-6H,1-3,8H2. The van der Waals surface area contributed by atoms with E-state index in [0.717, 1.165) is 11.8 Å². The summed E-state index contributed by atoms with van der Waals surface area (Å²) in [6.07, 6.45) is 6.35. The highest BCUT2D eigenvalue weighted by atomic mass is 14.6. The third kappa shape index (κ3) is 0.417. The van der Waals surface area contributed by atoms with Gasteiger partial charge in [-0.15, -0.1) is 0 Å². The van der Waals surface area contributed by atoms with Crippen molar-refractivity contribution in [3.05, 3.63) is 11.8 Å². The molecule has 1 fully saturated rings. The molecule has 2 aliphatic rings. The summed E-state index contributed by atoms with van der Waals surface area (Å²) in [4.78, 5) is 0. The van der Waals surface area contributed by atoms with E-state index in [1.165, 1.54) is 25.0 Å². The van der Waals surface area contributed by atoms with Crippen molar-refractivity contribution in [1.29, 1.82) is 0 Å². The van der Waals surface area contributed by atoms with Gasteiger partial charge in [-0.25, -0.2) is 0 Å². The number of hydrogen-bond acceptors (Lipinski definition) is 1. The Morgan fingerprint density at radius 2 is 2.38 bits per heavy atom. The highest BCUT2D eigenvalue weighted by molar-refractivity contribution is 5.15. The van der Waals surface area contributed by atoms with E-state index in [2.05, 4.69) is 6.08 Å². The molecule has 1 nitrogen and oxygen atoms in total. The maximum atomic E-state index is 5.68. The summed E-state index contributed by atoms with van der Waals surface area (Å²) in [7, 11) is 0. The number of hydrogen-bond donors (Lipinski definition) is 1. The van der Waals surface area contributed by atoms with Gasteiger partial charge in [0, 0.05) is 5.70 Å². The molecule has 0 aromatic rings. The van der Waals surface area contributed by atoms with Gasteiger partial charge >= 0.3 is 0 Å². The first-order valence-electron chi connectivity index (χ1n) is 3.33. The van der Waals surface area contributed by atoms with Gasteiger partial charge < -0.3 is 5.73 Å². The van der Waals surface area contributed by atoms with Gasteiger partial charge in [0.05, 0.1) is 0 Å². The van der Waals surface area contributed by atoms with Crippen LogP contribution in [0.3, 0.4) is 0 Å². The van der Waals surface area contributed by atoms with E-state index in [4.69, 9.17) is 5.73 Å². The van der Waals surface area contributed by atoms with Gasteiger partial charge in [-0.3, -0.25) is 0 Å². The van der Waals surface area contributed by atoms with Crippen molar-refractivity contribution in [2.75, 3.05) is 0 Å². The van der Waals surface area contributed by atoms with Crippen molar-refractivity contribution >= 4 is 0 Å². The molecule has 1 heteroatoms. The molecule has 2 aliphatic carbocycles. The molecule has 2 unspecified atom stereocenters. The number of rotatable bonds is 0. The first-order valence-corrected chi connectivity index (χ1v) is 3.33. The number of nitrogens with two attached hydrogens (primary N) is 1. The molecule has 44 valence electrons. The van der Waals surface area contributed by atoms with Crippen LogP contribution >= 0.6 is 0 Å². The second kappa shape index (κ2) is 1.28. The summed E-state index contributed by atoms with van der Waals surface area (Å²) in [5.74, 6) is 1.64. The Balaban J connectivity index is 2.29. The Morgan fingerprint density at radius 1 is 1.50 bits per heavy atom. The van der Waals surface area contributed by atoms with Gasteiger partial charge in [0.2, 0.25) is 0 Å². The fourth-order valence-corrected chi connectivity index (χ4v) is 1.88. The van der Waals surface area contributed by atoms with E-state index in [0.29, 0.717) is 0 Å². The summed E-state index contributed by atoms with van der Waals surface area (Å²) in [5, 5.41) is 0. The Morgan fingerprint density at radius 3 is 2.62 bits per heavy atom. The minimum absolute atomic E-state index is 0.778. The maximum absolute atomic E-state index is 5.68. The molecule has 0 amide bonds. The summed E-state index contributed by atoms with van der Waals surface area (Å²) in [6.45, 7) is 0. The van der Waals surface area contributed by atoms with Gasteiger partial charge in [0.25, 0.3) is 0 Å². The van der Waals surface area contributed by atoms with Gasteiger partial charge in [-0.2, -0.15) is 0 Å². The van der Waals surface area contributed by atoms with Gasteiger partial charge in [0.15, 0.2) is 0 Å². The second-order valence-electron chi connectivity index (χ2n) is 2.94. The van der Waals surface area contributed by atoms with E-state index >= 15 is 0 Å². The molecule has 8 heavy (non-hydrogen) atoms. The number of allylic oxidation sites excluding steroid dienone is 2. The predicted octanol–water partition coefficient (Wildman–Crippen LogP) is 1.26. The average molecular weight is 109 g/mol. The lowest BCUT2D eigenvalue weighted by atomic mass is 10.1. The molecule has 0 aromatic carbocycles. The van der Waals surface area contributed by atoms with Crippen LogP contribution in [0.4, 0.5) is 0 Å². The van der Waals surface area contributed by atoms with Crippen LogP contribution in [-0.2, 0) is 0 Å². The third-order valence-electron chi connectivity index (χ3n) is 2.37. The SMILES string of the molecule is NC1=CC2CCC1C2. The zero-order chi connectivity index (χ0) is 5.56. The Hall–Kier alpha value is -0.460. The summed E-state index contributed by atoms with van der Waals surface area (Å²) < 4.78 is 0. The fraction of sp³-hybridized carbons (Fsp3) is 0.714. The van der Waals surface area contributed by atoms with E-state index in [1.54, 1.807) is 0 Å². The summed E-state index contributed by atoms with van der Waals surface area (Å²) in [5.41, 5.74) is 6.85. The highest BCUT2D eigenvalue weighted by Crippen LogP contribution is 2.41. The quantitative estimate of drug-likeness (QED) is 0.498. The molecular formula is C7H11N. The van der Waals surface area contributed by atoms with Crippen molar-refractivity contribution in [3.63, 3.8) is 0 Å². The molecule has 0 aromatic heterocycles. The molecule has 0 heterocycles. The normalized spacial score (nSPS) is 42.8. The minimum atomic E-state index is 0.778. The zero-order valence-electron chi connectivity index (χ0n) is 4.93. The highest BCUT2D eigenvalue weighted by Gasteiger charge is 2.30. The van der Waals surface area contributed by atoms with Crippen LogP contribution in [0.15, 0.2) is 11.8 Å². The van der Waals surface area contributed by atoms with Crippen LogP contribution in [0, 0.1) is 11.8 Å². The van der Waals surface area contributed by atoms with Gasteiger partial charge in [-0.1, -0.05) is 6.08 Å². The third-order valence-corrected chi connectivity index (χ3v) is 2.37. The average Bonchev–Trinajstić information content (AvgIpc) is 2.23. The lowest BCUT2D eigenvalue weighted by molar-refractivity contribution is 0.650. The molecule has 2 bridgehead atoms. The summed E-state index contributed by atoms with van der Waals surface area (Å²) in [6, 6.07) is 0. The van der Waals surface area contributed by atoms with Gasteiger partial charge in [0.1, 0.15) is 0 Å². The fourth-order valence-electron chi connectivity index (χ4n) is 1.88. The largest absolute Gasteiger partial charge is 0.402 e. The molecule has 1 saturated carbocycles. The molecule has 0 radical (unpaired) electrons. The molecule has 2 atom stereocenters. The molecule has 2 rings (SSSR count). The topological polar surface area (TPSA) is 26.0 Å². The number of fused-ring (bicyclic) bond motifs is 2. The second-order valence-corrected chi connectivity index (χ2v) is 2.94. The van der Waals surface area contributed by atoms with Crippen molar-refractivity contribution in [2.24, 2.45) is 17.6 Å². The van der Waals surface area contributed by atoms with E-state index in [-0.39, 0.29) is 0 Å². The lowest BCUT2D eigenvalue weighted by Crippen LogP contribution is -2.05. The first-order chi connectivity index (χ1) is 3.86. The van der Waals surface area contributed by atoms with Gasteiger partial charge in [-0.05, 0) is 31.1 Å². The van der Waals surface area contributed by atoms with E-state index in [9.17, 15) is 0 Å². The monoisotopic (exact) mass is 109 g/mol. The lowest BCUT2D eigenvalue weighted by Gasteiger charge is -2.05. The van der Waals surface area contributed by atoms with Crippen LogP contribution in [-0.4, -0.2) is 0 Å². The Kier molecular flexibility index (Phi) is 0.706. The molecule has 0 saturated heterocycles. The maximum Gasteiger partial charge on any atom is 0.00745 e.